The predicted octanol–water partition coefficient (Wildman–Crippen LogP) is 4.09. The Balaban J connectivity index is 2.43. The van der Waals surface area contributed by atoms with Crippen LogP contribution in [0.1, 0.15) is 10.5 Å². The fourth-order valence-corrected chi connectivity index (χ4v) is 1.92. The van der Waals surface area contributed by atoms with Crippen LogP contribution < -0.4 is 4.74 Å². The van der Waals surface area contributed by atoms with E-state index in [0.29, 0.717) is 0 Å². The summed E-state index contributed by atoms with van der Waals surface area (Å²) < 4.78 is 45.1. The molecule has 0 aliphatic rings. The highest BCUT2D eigenvalue weighted by Crippen LogP contribution is 2.31. The highest BCUT2D eigenvalue weighted by molar-refractivity contribution is 6.33. The van der Waals surface area contributed by atoms with E-state index in [-0.39, 0.29) is 22.0 Å². The smallest absolute Gasteiger partial charge is 0.464 e. The SMILES string of the molecule is COC(=O)c1ccc(Cl)c(-c2cccc(OC(F)(F)F)c2)n1. The number of hydrogen-bond donors (Lipinski definition) is 0. The highest BCUT2D eigenvalue weighted by Gasteiger charge is 2.31. The highest BCUT2D eigenvalue weighted by atomic mass is 35.5. The van der Waals surface area contributed by atoms with Gasteiger partial charge in [0.1, 0.15) is 11.4 Å². The van der Waals surface area contributed by atoms with Gasteiger partial charge in [-0.25, -0.2) is 9.78 Å². The quantitative estimate of drug-likeness (QED) is 0.795. The van der Waals surface area contributed by atoms with E-state index in [1.807, 2.05) is 0 Å². The Morgan fingerprint density at radius 1 is 1.23 bits per heavy atom. The Bertz CT molecular complexity index is 704. The lowest BCUT2D eigenvalue weighted by Crippen LogP contribution is -2.17. The molecule has 116 valence electrons. The van der Waals surface area contributed by atoms with Gasteiger partial charge in [-0.2, -0.15) is 0 Å². The zero-order valence-electron chi connectivity index (χ0n) is 11.1. The number of pyridine rings is 1. The molecule has 0 saturated carbocycles. The topological polar surface area (TPSA) is 48.4 Å². The first-order valence-electron chi connectivity index (χ1n) is 5.91. The zero-order valence-corrected chi connectivity index (χ0v) is 11.9. The van der Waals surface area contributed by atoms with Crippen LogP contribution in [0, 0.1) is 0 Å². The lowest BCUT2D eigenvalue weighted by molar-refractivity contribution is -0.274. The molecule has 0 fully saturated rings. The standard InChI is InChI=1S/C14H9ClF3NO3/c1-21-13(20)11-6-5-10(15)12(19-11)8-3-2-4-9(7-8)22-14(16,17)18/h2-7H,1H3. The maximum absolute atomic E-state index is 12.2. The van der Waals surface area contributed by atoms with Crippen LogP contribution in [-0.2, 0) is 4.74 Å². The number of nitrogens with zero attached hydrogens (tertiary/aromatic N) is 1. The van der Waals surface area contributed by atoms with E-state index >= 15 is 0 Å². The third kappa shape index (κ3) is 3.88. The van der Waals surface area contributed by atoms with Crippen LogP contribution in [0.4, 0.5) is 13.2 Å². The molecule has 0 bridgehead atoms. The number of esters is 1. The maximum Gasteiger partial charge on any atom is 0.573 e. The van der Waals surface area contributed by atoms with Crippen LogP contribution in [0.2, 0.25) is 5.02 Å². The summed E-state index contributed by atoms with van der Waals surface area (Å²) in [4.78, 5) is 15.5. The van der Waals surface area contributed by atoms with Crippen molar-refractivity contribution >= 4 is 17.6 Å². The van der Waals surface area contributed by atoms with Gasteiger partial charge in [-0.05, 0) is 24.3 Å². The largest absolute Gasteiger partial charge is 0.573 e. The van der Waals surface area contributed by atoms with Crippen molar-refractivity contribution in [3.05, 3.63) is 47.1 Å². The van der Waals surface area contributed by atoms with Crippen LogP contribution in [0.3, 0.4) is 0 Å². The summed E-state index contributed by atoms with van der Waals surface area (Å²) in [5.41, 5.74) is 0.415. The van der Waals surface area contributed by atoms with Crippen LogP contribution in [0.5, 0.6) is 5.75 Å². The third-order valence-electron chi connectivity index (χ3n) is 2.58. The molecule has 0 amide bonds. The van der Waals surface area contributed by atoms with E-state index in [4.69, 9.17) is 11.6 Å². The summed E-state index contributed by atoms with van der Waals surface area (Å²) in [6.07, 6.45) is -4.80. The van der Waals surface area contributed by atoms with E-state index in [1.54, 1.807) is 0 Å². The lowest BCUT2D eigenvalue weighted by atomic mass is 10.1. The van der Waals surface area contributed by atoms with Crippen LogP contribution in [0.25, 0.3) is 11.3 Å². The van der Waals surface area contributed by atoms with E-state index in [1.165, 1.54) is 31.4 Å². The summed E-state index contributed by atoms with van der Waals surface area (Å²) >= 11 is 5.99. The van der Waals surface area contributed by atoms with Gasteiger partial charge in [-0.3, -0.25) is 0 Å². The Labute approximate surface area is 128 Å². The molecule has 22 heavy (non-hydrogen) atoms. The fourth-order valence-electron chi connectivity index (χ4n) is 1.70. The van der Waals surface area contributed by atoms with Crippen molar-refractivity contribution in [1.82, 2.24) is 4.98 Å². The summed E-state index contributed by atoms with van der Waals surface area (Å²) in [6.45, 7) is 0. The molecule has 0 atom stereocenters. The first-order valence-corrected chi connectivity index (χ1v) is 6.29. The second-order valence-electron chi connectivity index (χ2n) is 4.09. The summed E-state index contributed by atoms with van der Waals surface area (Å²) in [7, 11) is 1.19. The van der Waals surface area contributed by atoms with Gasteiger partial charge < -0.3 is 9.47 Å². The van der Waals surface area contributed by atoms with E-state index in [9.17, 15) is 18.0 Å². The molecule has 0 N–H and O–H groups in total. The van der Waals surface area contributed by atoms with Crippen molar-refractivity contribution in [3.8, 4) is 17.0 Å². The van der Waals surface area contributed by atoms with Crippen molar-refractivity contribution in [2.75, 3.05) is 7.11 Å². The van der Waals surface area contributed by atoms with Crippen molar-refractivity contribution in [2.24, 2.45) is 0 Å². The second-order valence-corrected chi connectivity index (χ2v) is 4.50. The number of rotatable bonds is 3. The summed E-state index contributed by atoms with van der Waals surface area (Å²) in [5, 5.41) is 0.178. The number of methoxy groups -OCH3 is 1. The molecule has 4 nitrogen and oxygen atoms in total. The van der Waals surface area contributed by atoms with Gasteiger partial charge in [0.15, 0.2) is 0 Å². The third-order valence-corrected chi connectivity index (χ3v) is 2.89. The van der Waals surface area contributed by atoms with Gasteiger partial charge in [-0.15, -0.1) is 13.2 Å². The van der Waals surface area contributed by atoms with Crippen LogP contribution in [0.15, 0.2) is 36.4 Å². The molecule has 0 spiro atoms. The Hall–Kier alpha value is -2.28. The normalized spacial score (nSPS) is 11.1. The van der Waals surface area contributed by atoms with Crippen molar-refractivity contribution in [3.63, 3.8) is 0 Å². The van der Waals surface area contributed by atoms with E-state index in [0.717, 1.165) is 12.1 Å². The number of hydrogen-bond acceptors (Lipinski definition) is 4. The summed E-state index contributed by atoms with van der Waals surface area (Å²) in [6, 6.07) is 7.90. The minimum absolute atomic E-state index is 0.0101. The lowest BCUT2D eigenvalue weighted by Gasteiger charge is -2.11. The molecule has 0 unspecified atom stereocenters. The molecule has 0 aliphatic heterocycles. The Morgan fingerprint density at radius 3 is 2.59 bits per heavy atom. The van der Waals surface area contributed by atoms with Crippen molar-refractivity contribution in [2.45, 2.75) is 6.36 Å². The fraction of sp³-hybridized carbons (Fsp3) is 0.143. The average Bonchev–Trinajstić information content (AvgIpc) is 2.45. The van der Waals surface area contributed by atoms with Crippen molar-refractivity contribution in [1.29, 1.82) is 0 Å². The van der Waals surface area contributed by atoms with Gasteiger partial charge in [0.05, 0.1) is 17.8 Å². The molecule has 0 saturated heterocycles. The number of aromatic nitrogens is 1. The number of carbonyl (C=O) groups excluding carboxylic acids is 1. The predicted molar refractivity (Wildman–Crippen MR) is 72.7 cm³/mol. The number of carbonyl (C=O) groups is 1. The van der Waals surface area contributed by atoms with E-state index in [2.05, 4.69) is 14.5 Å². The van der Waals surface area contributed by atoms with Crippen molar-refractivity contribution < 1.29 is 27.4 Å². The molecule has 1 aromatic heterocycles. The maximum atomic E-state index is 12.2. The number of ether oxygens (including phenoxy) is 2. The zero-order chi connectivity index (χ0) is 16.3. The van der Waals surface area contributed by atoms with Gasteiger partial charge in [0, 0.05) is 5.56 Å². The summed E-state index contributed by atoms with van der Waals surface area (Å²) in [5.74, 6) is -1.09. The number of halogens is 4. The molecule has 0 radical (unpaired) electrons. The van der Waals surface area contributed by atoms with Gasteiger partial charge in [0.2, 0.25) is 0 Å². The molecule has 8 heteroatoms. The first-order chi connectivity index (χ1) is 10.3. The molecular formula is C14H9ClF3NO3. The number of benzene rings is 1. The van der Waals surface area contributed by atoms with Gasteiger partial charge in [0.25, 0.3) is 0 Å². The Morgan fingerprint density at radius 2 is 1.95 bits per heavy atom. The minimum atomic E-state index is -4.80. The molecule has 0 aliphatic carbocycles. The van der Waals surface area contributed by atoms with Crippen LogP contribution in [-0.4, -0.2) is 24.4 Å². The van der Waals surface area contributed by atoms with E-state index < -0.39 is 18.1 Å². The monoisotopic (exact) mass is 331 g/mol. The van der Waals surface area contributed by atoms with Gasteiger partial charge >= 0.3 is 12.3 Å². The average molecular weight is 332 g/mol. The molecular weight excluding hydrogens is 323 g/mol. The first kappa shape index (κ1) is 16.1. The number of alkyl halides is 3. The molecule has 1 heterocycles. The minimum Gasteiger partial charge on any atom is -0.464 e. The molecule has 2 aromatic rings. The molecule has 2 rings (SSSR count). The van der Waals surface area contributed by atoms with Gasteiger partial charge in [-0.1, -0.05) is 23.7 Å². The molecule has 1 aromatic carbocycles. The second kappa shape index (κ2) is 6.23. The van der Waals surface area contributed by atoms with Crippen LogP contribution >= 0.6 is 11.6 Å². The Kier molecular flexibility index (Phi) is 4.56.